The summed E-state index contributed by atoms with van der Waals surface area (Å²) in [6.07, 6.45) is 0.253. The summed E-state index contributed by atoms with van der Waals surface area (Å²) in [6, 6.07) is 13.9. The minimum Gasteiger partial charge on any atom is -0.493 e. The Balaban J connectivity index is 1.53. The summed E-state index contributed by atoms with van der Waals surface area (Å²) in [6.45, 7) is 0.271. The topological polar surface area (TPSA) is 67.9 Å². The molecule has 0 aliphatic carbocycles. The van der Waals surface area contributed by atoms with Crippen LogP contribution in [0.15, 0.2) is 48.5 Å². The minimum absolute atomic E-state index is 0.0386. The predicted molar refractivity (Wildman–Crippen MR) is 98.8 cm³/mol. The number of ether oxygens (including phenoxy) is 2. The summed E-state index contributed by atoms with van der Waals surface area (Å²) in [5, 5.41) is 3.44. The van der Waals surface area contributed by atoms with Crippen molar-refractivity contribution in [2.45, 2.75) is 12.5 Å². The van der Waals surface area contributed by atoms with Gasteiger partial charge < -0.3 is 19.7 Å². The van der Waals surface area contributed by atoms with Gasteiger partial charge in [0.1, 0.15) is 0 Å². The summed E-state index contributed by atoms with van der Waals surface area (Å²) in [7, 11) is 1.54. The number of hydrogen-bond donors (Lipinski definition) is 1. The minimum atomic E-state index is -0.285. The van der Waals surface area contributed by atoms with Gasteiger partial charge in [0.25, 0.3) is 5.91 Å². The number of halogens is 1. The zero-order valence-electron chi connectivity index (χ0n) is 14.3. The molecular formula is C19H19ClN2O4. The Hall–Kier alpha value is -2.73. The van der Waals surface area contributed by atoms with E-state index in [1.54, 1.807) is 47.4 Å². The highest BCUT2D eigenvalue weighted by Crippen LogP contribution is 2.26. The molecule has 2 aromatic carbocycles. The second-order valence-corrected chi connectivity index (χ2v) is 6.33. The molecule has 7 heteroatoms. The smallest absolute Gasteiger partial charge is 0.258 e. The lowest BCUT2D eigenvalue weighted by Gasteiger charge is -2.17. The molecule has 0 saturated carbocycles. The Morgan fingerprint density at radius 3 is 2.58 bits per heavy atom. The third-order valence-corrected chi connectivity index (χ3v) is 4.31. The molecule has 1 N–H and O–H groups in total. The molecule has 1 fully saturated rings. The molecule has 136 valence electrons. The van der Waals surface area contributed by atoms with Crippen LogP contribution in [0, 0.1) is 0 Å². The van der Waals surface area contributed by atoms with E-state index in [1.807, 2.05) is 6.07 Å². The zero-order chi connectivity index (χ0) is 18.5. The molecule has 2 aromatic rings. The normalized spacial score (nSPS) is 16.5. The van der Waals surface area contributed by atoms with E-state index in [9.17, 15) is 9.59 Å². The van der Waals surface area contributed by atoms with Crippen molar-refractivity contribution < 1.29 is 19.1 Å². The molecule has 1 aliphatic heterocycles. The molecule has 0 spiro atoms. The Bertz CT molecular complexity index is 794. The summed E-state index contributed by atoms with van der Waals surface area (Å²) < 4.78 is 10.7. The van der Waals surface area contributed by atoms with Crippen molar-refractivity contribution >= 4 is 29.1 Å². The fraction of sp³-hybridized carbons (Fsp3) is 0.263. The van der Waals surface area contributed by atoms with E-state index in [4.69, 9.17) is 21.1 Å². The third-order valence-electron chi connectivity index (χ3n) is 4.06. The van der Waals surface area contributed by atoms with E-state index in [-0.39, 0.29) is 30.9 Å². The summed E-state index contributed by atoms with van der Waals surface area (Å²) >= 11 is 5.88. The highest BCUT2D eigenvalue weighted by atomic mass is 35.5. The van der Waals surface area contributed by atoms with Crippen LogP contribution in [0.2, 0.25) is 5.02 Å². The highest BCUT2D eigenvalue weighted by molar-refractivity contribution is 6.30. The number of hydrogen-bond acceptors (Lipinski definition) is 4. The van der Waals surface area contributed by atoms with Crippen LogP contribution in [0.3, 0.4) is 0 Å². The second-order valence-electron chi connectivity index (χ2n) is 5.89. The molecule has 26 heavy (non-hydrogen) atoms. The van der Waals surface area contributed by atoms with Crippen LogP contribution < -0.4 is 19.7 Å². The lowest BCUT2D eigenvalue weighted by atomic mass is 10.2. The van der Waals surface area contributed by atoms with Gasteiger partial charge >= 0.3 is 0 Å². The van der Waals surface area contributed by atoms with Crippen molar-refractivity contribution in [2.24, 2.45) is 0 Å². The van der Waals surface area contributed by atoms with Gasteiger partial charge in [0.15, 0.2) is 18.1 Å². The fourth-order valence-corrected chi connectivity index (χ4v) is 2.95. The molecule has 1 aliphatic rings. The van der Waals surface area contributed by atoms with E-state index in [0.717, 1.165) is 5.69 Å². The van der Waals surface area contributed by atoms with Crippen LogP contribution >= 0.6 is 11.6 Å². The molecule has 6 nitrogen and oxygen atoms in total. The number of anilines is 1. The Labute approximate surface area is 156 Å². The molecule has 1 atom stereocenters. The molecule has 0 bridgehead atoms. The number of methoxy groups -OCH3 is 1. The molecule has 2 amide bonds. The molecule has 0 aromatic heterocycles. The van der Waals surface area contributed by atoms with E-state index in [0.29, 0.717) is 23.1 Å². The molecule has 1 saturated heterocycles. The lowest BCUT2D eigenvalue weighted by molar-refractivity contribution is -0.123. The van der Waals surface area contributed by atoms with E-state index >= 15 is 0 Å². The van der Waals surface area contributed by atoms with Crippen molar-refractivity contribution in [2.75, 3.05) is 25.2 Å². The van der Waals surface area contributed by atoms with Crippen LogP contribution in [-0.4, -0.2) is 38.1 Å². The average Bonchev–Trinajstić information content (AvgIpc) is 3.01. The monoisotopic (exact) mass is 374 g/mol. The van der Waals surface area contributed by atoms with Crippen molar-refractivity contribution in [3.05, 3.63) is 53.6 Å². The number of benzene rings is 2. The largest absolute Gasteiger partial charge is 0.493 e. The number of nitrogens with one attached hydrogen (secondary N) is 1. The van der Waals surface area contributed by atoms with Crippen molar-refractivity contribution in [1.29, 1.82) is 0 Å². The zero-order valence-corrected chi connectivity index (χ0v) is 15.0. The Morgan fingerprint density at radius 1 is 1.19 bits per heavy atom. The highest BCUT2D eigenvalue weighted by Gasteiger charge is 2.31. The molecule has 0 radical (unpaired) electrons. The maximum atomic E-state index is 12.2. The van der Waals surface area contributed by atoms with Crippen LogP contribution in [0.25, 0.3) is 0 Å². The van der Waals surface area contributed by atoms with Gasteiger partial charge in [-0.3, -0.25) is 9.59 Å². The quantitative estimate of drug-likeness (QED) is 0.844. The maximum Gasteiger partial charge on any atom is 0.258 e. The second kappa shape index (κ2) is 8.10. The van der Waals surface area contributed by atoms with E-state index in [1.165, 1.54) is 7.11 Å². The van der Waals surface area contributed by atoms with Gasteiger partial charge in [-0.2, -0.15) is 0 Å². The van der Waals surface area contributed by atoms with E-state index in [2.05, 4.69) is 5.32 Å². The Morgan fingerprint density at radius 2 is 1.88 bits per heavy atom. The van der Waals surface area contributed by atoms with Crippen molar-refractivity contribution in [3.63, 3.8) is 0 Å². The van der Waals surface area contributed by atoms with Gasteiger partial charge in [0, 0.05) is 23.7 Å². The molecule has 1 heterocycles. The van der Waals surface area contributed by atoms with Crippen molar-refractivity contribution in [1.82, 2.24) is 5.32 Å². The van der Waals surface area contributed by atoms with Crippen LogP contribution in [-0.2, 0) is 9.59 Å². The van der Waals surface area contributed by atoms with Crippen LogP contribution in [0.5, 0.6) is 11.5 Å². The molecule has 1 unspecified atom stereocenters. The van der Waals surface area contributed by atoms with Gasteiger partial charge in [-0.05, 0) is 36.4 Å². The first kappa shape index (κ1) is 18.1. The fourth-order valence-electron chi connectivity index (χ4n) is 2.83. The van der Waals surface area contributed by atoms with Gasteiger partial charge in [0.05, 0.1) is 13.2 Å². The van der Waals surface area contributed by atoms with Gasteiger partial charge in [-0.15, -0.1) is 0 Å². The van der Waals surface area contributed by atoms with Crippen LogP contribution in [0.1, 0.15) is 6.42 Å². The lowest BCUT2D eigenvalue weighted by Crippen LogP contribution is -2.39. The number of carbonyl (C=O) groups excluding carboxylic acids is 2. The standard InChI is InChI=1S/C19H19ClN2O4/c1-25-16-4-2-3-5-17(16)26-12-18(23)21-14-10-19(24)22(11-14)15-8-6-13(20)7-9-15/h2-9,14H,10-12H2,1H3,(H,21,23). The number of rotatable bonds is 6. The number of carbonyl (C=O) groups is 2. The SMILES string of the molecule is COc1ccccc1OCC(=O)NC1CC(=O)N(c2ccc(Cl)cc2)C1. The Kier molecular flexibility index (Phi) is 5.63. The first-order valence-corrected chi connectivity index (χ1v) is 8.55. The van der Waals surface area contributed by atoms with Gasteiger partial charge in [-0.1, -0.05) is 23.7 Å². The maximum absolute atomic E-state index is 12.2. The third kappa shape index (κ3) is 4.26. The summed E-state index contributed by atoms with van der Waals surface area (Å²) in [5.41, 5.74) is 0.765. The number of amides is 2. The first-order valence-electron chi connectivity index (χ1n) is 8.18. The van der Waals surface area contributed by atoms with Gasteiger partial charge in [0.2, 0.25) is 5.91 Å². The first-order chi connectivity index (χ1) is 12.6. The molecular weight excluding hydrogens is 356 g/mol. The summed E-state index contributed by atoms with van der Waals surface area (Å²) in [4.78, 5) is 26.0. The average molecular weight is 375 g/mol. The van der Waals surface area contributed by atoms with Gasteiger partial charge in [-0.25, -0.2) is 0 Å². The summed E-state index contributed by atoms with van der Waals surface area (Å²) in [5.74, 6) is 0.732. The number of para-hydroxylation sites is 2. The van der Waals surface area contributed by atoms with E-state index < -0.39 is 0 Å². The predicted octanol–water partition coefficient (Wildman–Crippen LogP) is 2.65. The number of nitrogens with zero attached hydrogens (tertiary/aromatic N) is 1. The van der Waals surface area contributed by atoms with Crippen LogP contribution in [0.4, 0.5) is 5.69 Å². The molecule has 3 rings (SSSR count). The van der Waals surface area contributed by atoms with Crippen molar-refractivity contribution in [3.8, 4) is 11.5 Å².